The molecule has 5 heteroatoms. The zero-order valence-corrected chi connectivity index (χ0v) is 13.2. The van der Waals surface area contributed by atoms with Crippen molar-refractivity contribution >= 4 is 5.91 Å². The van der Waals surface area contributed by atoms with Crippen LogP contribution in [0.3, 0.4) is 0 Å². The van der Waals surface area contributed by atoms with Crippen molar-refractivity contribution in [1.82, 2.24) is 15.1 Å². The minimum absolute atomic E-state index is 0.200. The van der Waals surface area contributed by atoms with Crippen LogP contribution in [0.15, 0.2) is 73.1 Å². The molecule has 1 aromatic heterocycles. The normalized spacial score (nSPS) is 11.9. The third kappa shape index (κ3) is 4.08. The van der Waals surface area contributed by atoms with Crippen LogP contribution >= 0.6 is 0 Å². The van der Waals surface area contributed by atoms with E-state index in [0.717, 1.165) is 11.3 Å². The van der Waals surface area contributed by atoms with Crippen molar-refractivity contribution in [2.45, 2.75) is 12.5 Å². The first-order valence-electron chi connectivity index (χ1n) is 7.82. The van der Waals surface area contributed by atoms with Crippen molar-refractivity contribution in [1.29, 1.82) is 0 Å². The van der Waals surface area contributed by atoms with Gasteiger partial charge in [-0.2, -0.15) is 5.10 Å². The van der Waals surface area contributed by atoms with Gasteiger partial charge in [0.15, 0.2) is 0 Å². The Labute approximate surface area is 140 Å². The molecule has 1 unspecified atom stereocenters. The molecule has 24 heavy (non-hydrogen) atoms. The third-order valence-electron chi connectivity index (χ3n) is 3.71. The number of aliphatic hydroxyl groups is 1. The van der Waals surface area contributed by atoms with Gasteiger partial charge >= 0.3 is 0 Å². The van der Waals surface area contributed by atoms with E-state index in [-0.39, 0.29) is 12.5 Å². The largest absolute Gasteiger partial charge is 0.391 e. The van der Waals surface area contributed by atoms with E-state index in [0.29, 0.717) is 12.0 Å². The summed E-state index contributed by atoms with van der Waals surface area (Å²) in [5.74, 6) is -0.200. The molecule has 122 valence electrons. The second-order valence-corrected chi connectivity index (χ2v) is 5.55. The van der Waals surface area contributed by atoms with Crippen LogP contribution < -0.4 is 5.32 Å². The Morgan fingerprint density at radius 3 is 2.50 bits per heavy atom. The standard InChI is InChI=1S/C19H19N3O2/c23-18(13-15-5-2-1-3-6-15)14-20-19(24)16-7-9-17(10-8-16)22-12-4-11-21-22/h1-12,18,23H,13-14H2,(H,20,24). The van der Waals surface area contributed by atoms with Crippen molar-refractivity contribution in [2.75, 3.05) is 6.54 Å². The van der Waals surface area contributed by atoms with Gasteiger partial charge in [-0.25, -0.2) is 4.68 Å². The maximum atomic E-state index is 12.2. The van der Waals surface area contributed by atoms with Gasteiger partial charge in [-0.15, -0.1) is 0 Å². The van der Waals surface area contributed by atoms with Crippen molar-refractivity contribution in [2.24, 2.45) is 0 Å². The van der Waals surface area contributed by atoms with Gasteiger partial charge in [0.2, 0.25) is 0 Å². The van der Waals surface area contributed by atoms with Gasteiger partial charge in [-0.1, -0.05) is 30.3 Å². The summed E-state index contributed by atoms with van der Waals surface area (Å²) in [6, 6.07) is 18.7. The number of amides is 1. The minimum atomic E-state index is -0.611. The van der Waals surface area contributed by atoms with Crippen LogP contribution in [0.5, 0.6) is 0 Å². The monoisotopic (exact) mass is 321 g/mol. The molecule has 1 amide bonds. The molecule has 3 aromatic rings. The number of carbonyl (C=O) groups is 1. The van der Waals surface area contributed by atoms with Crippen molar-refractivity contribution in [3.05, 3.63) is 84.2 Å². The predicted octanol–water partition coefficient (Wildman–Crippen LogP) is 2.21. The molecular formula is C19H19N3O2. The Bertz CT molecular complexity index is 768. The van der Waals surface area contributed by atoms with Gasteiger partial charge < -0.3 is 10.4 Å². The number of nitrogens with zero attached hydrogens (tertiary/aromatic N) is 2. The number of benzene rings is 2. The molecule has 2 aromatic carbocycles. The molecule has 0 aliphatic carbocycles. The molecule has 0 radical (unpaired) electrons. The number of hydrogen-bond donors (Lipinski definition) is 2. The zero-order valence-electron chi connectivity index (χ0n) is 13.2. The average molecular weight is 321 g/mol. The molecule has 0 aliphatic heterocycles. The van der Waals surface area contributed by atoms with Crippen molar-refractivity contribution in [3.8, 4) is 5.69 Å². The lowest BCUT2D eigenvalue weighted by Gasteiger charge is -2.12. The summed E-state index contributed by atoms with van der Waals surface area (Å²) in [5, 5.41) is 16.9. The lowest BCUT2D eigenvalue weighted by Crippen LogP contribution is -2.33. The summed E-state index contributed by atoms with van der Waals surface area (Å²) >= 11 is 0. The Morgan fingerprint density at radius 2 is 1.83 bits per heavy atom. The predicted molar refractivity (Wildman–Crippen MR) is 92.1 cm³/mol. The molecule has 1 atom stereocenters. The SMILES string of the molecule is O=C(NCC(O)Cc1ccccc1)c1ccc(-n2cccn2)cc1. The molecule has 2 N–H and O–H groups in total. The van der Waals surface area contributed by atoms with E-state index in [1.807, 2.05) is 54.7 Å². The first-order chi connectivity index (χ1) is 11.7. The average Bonchev–Trinajstić information content (AvgIpc) is 3.15. The van der Waals surface area contributed by atoms with Crippen LogP contribution in [-0.2, 0) is 6.42 Å². The summed E-state index contributed by atoms with van der Waals surface area (Å²) < 4.78 is 1.73. The van der Waals surface area contributed by atoms with E-state index >= 15 is 0 Å². The molecule has 3 rings (SSSR count). The molecule has 0 saturated carbocycles. The molecule has 0 bridgehead atoms. The maximum Gasteiger partial charge on any atom is 0.251 e. The molecule has 0 fully saturated rings. The number of carbonyl (C=O) groups excluding carboxylic acids is 1. The zero-order chi connectivity index (χ0) is 16.8. The van der Waals surface area contributed by atoms with Crippen LogP contribution in [-0.4, -0.2) is 33.4 Å². The molecule has 5 nitrogen and oxygen atoms in total. The van der Waals surface area contributed by atoms with Gasteiger partial charge in [0.25, 0.3) is 5.91 Å². The van der Waals surface area contributed by atoms with Crippen LogP contribution in [0.1, 0.15) is 15.9 Å². The van der Waals surface area contributed by atoms with Gasteiger partial charge in [0.05, 0.1) is 11.8 Å². The maximum absolute atomic E-state index is 12.2. The first kappa shape index (κ1) is 16.0. The lowest BCUT2D eigenvalue weighted by molar-refractivity contribution is 0.0916. The fourth-order valence-electron chi connectivity index (χ4n) is 2.46. The van der Waals surface area contributed by atoms with Crippen molar-refractivity contribution in [3.63, 3.8) is 0 Å². The second-order valence-electron chi connectivity index (χ2n) is 5.55. The smallest absolute Gasteiger partial charge is 0.251 e. The quantitative estimate of drug-likeness (QED) is 0.731. The minimum Gasteiger partial charge on any atom is -0.391 e. The van der Waals surface area contributed by atoms with Crippen LogP contribution in [0.2, 0.25) is 0 Å². The molecule has 1 heterocycles. The summed E-state index contributed by atoms with van der Waals surface area (Å²) in [4.78, 5) is 12.2. The van der Waals surface area contributed by atoms with E-state index in [1.54, 1.807) is 23.0 Å². The molecular weight excluding hydrogens is 302 g/mol. The molecule has 0 aliphatic rings. The van der Waals surface area contributed by atoms with E-state index in [1.165, 1.54) is 0 Å². The second kappa shape index (κ2) is 7.57. The highest BCUT2D eigenvalue weighted by molar-refractivity contribution is 5.94. The number of aromatic nitrogens is 2. The van der Waals surface area contributed by atoms with Crippen LogP contribution in [0.4, 0.5) is 0 Å². The van der Waals surface area contributed by atoms with E-state index in [9.17, 15) is 9.90 Å². The Balaban J connectivity index is 1.53. The summed E-state index contributed by atoms with van der Waals surface area (Å²) in [7, 11) is 0. The van der Waals surface area contributed by atoms with Crippen molar-refractivity contribution < 1.29 is 9.90 Å². The number of nitrogens with one attached hydrogen (secondary N) is 1. The van der Waals surface area contributed by atoms with E-state index in [4.69, 9.17) is 0 Å². The highest BCUT2D eigenvalue weighted by Crippen LogP contribution is 2.09. The number of aliphatic hydroxyl groups excluding tert-OH is 1. The molecule has 0 spiro atoms. The third-order valence-corrected chi connectivity index (χ3v) is 3.71. The Hall–Kier alpha value is -2.92. The highest BCUT2D eigenvalue weighted by atomic mass is 16.3. The Kier molecular flexibility index (Phi) is 5.03. The lowest BCUT2D eigenvalue weighted by atomic mass is 10.1. The Morgan fingerprint density at radius 1 is 1.08 bits per heavy atom. The van der Waals surface area contributed by atoms with E-state index in [2.05, 4.69) is 10.4 Å². The van der Waals surface area contributed by atoms with Crippen LogP contribution in [0, 0.1) is 0 Å². The molecule has 0 saturated heterocycles. The first-order valence-corrected chi connectivity index (χ1v) is 7.82. The fraction of sp³-hybridized carbons (Fsp3) is 0.158. The van der Waals surface area contributed by atoms with Gasteiger partial charge in [0, 0.05) is 30.9 Å². The summed E-state index contributed by atoms with van der Waals surface area (Å²) in [6.45, 7) is 0.217. The summed E-state index contributed by atoms with van der Waals surface area (Å²) in [6.07, 6.45) is 3.45. The van der Waals surface area contributed by atoms with Gasteiger partial charge in [0.1, 0.15) is 0 Å². The summed E-state index contributed by atoms with van der Waals surface area (Å²) in [5.41, 5.74) is 2.49. The topological polar surface area (TPSA) is 67.2 Å². The van der Waals surface area contributed by atoms with Crippen LogP contribution in [0.25, 0.3) is 5.69 Å². The van der Waals surface area contributed by atoms with E-state index < -0.39 is 6.10 Å². The van der Waals surface area contributed by atoms with Gasteiger partial charge in [-0.3, -0.25) is 4.79 Å². The van der Waals surface area contributed by atoms with Gasteiger partial charge in [-0.05, 0) is 35.9 Å². The highest BCUT2D eigenvalue weighted by Gasteiger charge is 2.10. The number of rotatable bonds is 6. The number of hydrogen-bond acceptors (Lipinski definition) is 3. The fourth-order valence-corrected chi connectivity index (χ4v) is 2.46.